The van der Waals surface area contributed by atoms with Gasteiger partial charge in [-0.05, 0) is 36.4 Å². The molecule has 0 aliphatic rings. The molecule has 1 heterocycles. The molecule has 3 nitrogen and oxygen atoms in total. The van der Waals surface area contributed by atoms with Crippen LogP contribution < -0.4 is 4.74 Å². The maximum Gasteiger partial charge on any atom is 0.119 e. The first kappa shape index (κ1) is 13.8. The highest BCUT2D eigenvalue weighted by atomic mass is 35.5. The van der Waals surface area contributed by atoms with E-state index in [9.17, 15) is 0 Å². The van der Waals surface area contributed by atoms with Crippen LogP contribution in [0.2, 0.25) is 5.02 Å². The van der Waals surface area contributed by atoms with Crippen molar-refractivity contribution in [1.82, 2.24) is 9.88 Å². The van der Waals surface area contributed by atoms with E-state index in [-0.39, 0.29) is 0 Å². The molecule has 0 saturated carbocycles. The van der Waals surface area contributed by atoms with Gasteiger partial charge in [-0.2, -0.15) is 0 Å². The second kappa shape index (κ2) is 6.55. The SMILES string of the molecule is COc1cccc(CN(C)Cc2ccncc2Cl)c1. The zero-order valence-electron chi connectivity index (χ0n) is 11.1. The van der Waals surface area contributed by atoms with Gasteiger partial charge < -0.3 is 4.74 Å². The van der Waals surface area contributed by atoms with E-state index in [1.165, 1.54) is 5.56 Å². The van der Waals surface area contributed by atoms with E-state index >= 15 is 0 Å². The summed E-state index contributed by atoms with van der Waals surface area (Å²) in [5.74, 6) is 0.882. The van der Waals surface area contributed by atoms with Crippen molar-refractivity contribution in [1.29, 1.82) is 0 Å². The van der Waals surface area contributed by atoms with E-state index < -0.39 is 0 Å². The maximum atomic E-state index is 6.11. The van der Waals surface area contributed by atoms with E-state index in [4.69, 9.17) is 16.3 Å². The number of halogens is 1. The molecule has 0 fully saturated rings. The molecule has 0 N–H and O–H groups in total. The van der Waals surface area contributed by atoms with Crippen LogP contribution in [0.3, 0.4) is 0 Å². The Labute approximate surface area is 118 Å². The Hall–Kier alpha value is -1.58. The van der Waals surface area contributed by atoms with Gasteiger partial charge in [0.15, 0.2) is 0 Å². The minimum absolute atomic E-state index is 0.708. The summed E-state index contributed by atoms with van der Waals surface area (Å²) >= 11 is 6.11. The fourth-order valence-electron chi connectivity index (χ4n) is 1.96. The van der Waals surface area contributed by atoms with Crippen molar-refractivity contribution in [3.8, 4) is 5.75 Å². The minimum Gasteiger partial charge on any atom is -0.497 e. The Morgan fingerprint density at radius 3 is 2.84 bits per heavy atom. The highest BCUT2D eigenvalue weighted by Gasteiger charge is 2.05. The van der Waals surface area contributed by atoms with Gasteiger partial charge in [0.25, 0.3) is 0 Å². The minimum atomic E-state index is 0.708. The lowest BCUT2D eigenvalue weighted by atomic mass is 10.2. The van der Waals surface area contributed by atoms with Gasteiger partial charge in [0, 0.05) is 25.5 Å². The molecule has 0 spiro atoms. The van der Waals surface area contributed by atoms with Crippen LogP contribution in [0.25, 0.3) is 0 Å². The van der Waals surface area contributed by atoms with Crippen molar-refractivity contribution in [2.45, 2.75) is 13.1 Å². The molecule has 100 valence electrons. The van der Waals surface area contributed by atoms with Crippen molar-refractivity contribution in [2.24, 2.45) is 0 Å². The van der Waals surface area contributed by atoms with Crippen LogP contribution in [0.5, 0.6) is 5.75 Å². The van der Waals surface area contributed by atoms with E-state index in [1.807, 2.05) is 24.3 Å². The lowest BCUT2D eigenvalue weighted by Crippen LogP contribution is -2.17. The van der Waals surface area contributed by atoms with Crippen LogP contribution in [0, 0.1) is 0 Å². The lowest BCUT2D eigenvalue weighted by Gasteiger charge is -2.17. The van der Waals surface area contributed by atoms with E-state index in [0.29, 0.717) is 5.02 Å². The number of hydrogen-bond acceptors (Lipinski definition) is 3. The molecule has 0 atom stereocenters. The topological polar surface area (TPSA) is 25.4 Å². The number of aromatic nitrogens is 1. The van der Waals surface area contributed by atoms with Crippen molar-refractivity contribution < 1.29 is 4.74 Å². The third-order valence-electron chi connectivity index (χ3n) is 2.88. The quantitative estimate of drug-likeness (QED) is 0.837. The van der Waals surface area contributed by atoms with Crippen LogP contribution in [-0.2, 0) is 13.1 Å². The third-order valence-corrected chi connectivity index (χ3v) is 3.22. The predicted molar refractivity (Wildman–Crippen MR) is 77.4 cm³/mol. The third kappa shape index (κ3) is 3.94. The highest BCUT2D eigenvalue weighted by molar-refractivity contribution is 6.31. The van der Waals surface area contributed by atoms with Gasteiger partial charge >= 0.3 is 0 Å². The van der Waals surface area contributed by atoms with E-state index in [0.717, 1.165) is 24.4 Å². The zero-order chi connectivity index (χ0) is 13.7. The van der Waals surface area contributed by atoms with Crippen LogP contribution in [-0.4, -0.2) is 24.0 Å². The predicted octanol–water partition coefficient (Wildman–Crippen LogP) is 3.38. The zero-order valence-corrected chi connectivity index (χ0v) is 11.9. The van der Waals surface area contributed by atoms with Crippen molar-refractivity contribution >= 4 is 11.6 Å². The Balaban J connectivity index is 2.01. The van der Waals surface area contributed by atoms with Gasteiger partial charge in [-0.3, -0.25) is 9.88 Å². The van der Waals surface area contributed by atoms with Crippen LogP contribution in [0.4, 0.5) is 0 Å². The summed E-state index contributed by atoms with van der Waals surface area (Å²) in [5, 5.41) is 0.708. The Morgan fingerprint density at radius 1 is 1.26 bits per heavy atom. The van der Waals surface area contributed by atoms with Crippen LogP contribution >= 0.6 is 11.6 Å². The molecule has 0 unspecified atom stereocenters. The Morgan fingerprint density at radius 2 is 2.11 bits per heavy atom. The standard InChI is InChI=1S/C15H17ClN2O/c1-18(11-13-6-7-17-9-15(13)16)10-12-4-3-5-14(8-12)19-2/h3-9H,10-11H2,1-2H3. The van der Waals surface area contributed by atoms with Gasteiger partial charge in [0.05, 0.1) is 12.1 Å². The van der Waals surface area contributed by atoms with Crippen molar-refractivity contribution in [2.75, 3.05) is 14.2 Å². The number of benzene rings is 1. The van der Waals surface area contributed by atoms with E-state index in [1.54, 1.807) is 19.5 Å². The molecular weight excluding hydrogens is 260 g/mol. The number of methoxy groups -OCH3 is 1. The molecule has 1 aromatic carbocycles. The molecule has 0 radical (unpaired) electrons. The van der Waals surface area contributed by atoms with E-state index in [2.05, 4.69) is 23.0 Å². The molecule has 0 aliphatic carbocycles. The number of pyridine rings is 1. The van der Waals surface area contributed by atoms with Crippen molar-refractivity contribution in [3.63, 3.8) is 0 Å². The molecule has 0 aliphatic heterocycles. The van der Waals surface area contributed by atoms with Crippen LogP contribution in [0.15, 0.2) is 42.7 Å². The molecular formula is C15H17ClN2O. The molecule has 0 amide bonds. The summed E-state index contributed by atoms with van der Waals surface area (Å²) in [5.41, 5.74) is 2.30. The molecule has 0 saturated heterocycles. The number of ether oxygens (including phenoxy) is 1. The highest BCUT2D eigenvalue weighted by Crippen LogP contribution is 2.18. The first-order chi connectivity index (χ1) is 9.19. The molecule has 0 bridgehead atoms. The van der Waals surface area contributed by atoms with Crippen LogP contribution in [0.1, 0.15) is 11.1 Å². The second-order valence-corrected chi connectivity index (χ2v) is 4.90. The smallest absolute Gasteiger partial charge is 0.119 e. The average molecular weight is 277 g/mol. The first-order valence-corrected chi connectivity index (χ1v) is 6.46. The fourth-order valence-corrected chi connectivity index (χ4v) is 2.14. The first-order valence-electron chi connectivity index (χ1n) is 6.09. The molecule has 2 rings (SSSR count). The Kier molecular flexibility index (Phi) is 4.77. The number of nitrogens with zero attached hydrogens (tertiary/aromatic N) is 2. The lowest BCUT2D eigenvalue weighted by molar-refractivity contribution is 0.318. The summed E-state index contributed by atoms with van der Waals surface area (Å²) in [6.07, 6.45) is 3.44. The number of hydrogen-bond donors (Lipinski definition) is 0. The summed E-state index contributed by atoms with van der Waals surface area (Å²) in [6, 6.07) is 10.0. The normalized spacial score (nSPS) is 10.7. The summed E-state index contributed by atoms with van der Waals surface area (Å²) < 4.78 is 5.23. The monoisotopic (exact) mass is 276 g/mol. The van der Waals surface area contributed by atoms with Gasteiger partial charge in [0.1, 0.15) is 5.75 Å². The van der Waals surface area contributed by atoms with Gasteiger partial charge in [-0.15, -0.1) is 0 Å². The van der Waals surface area contributed by atoms with Crippen molar-refractivity contribution in [3.05, 3.63) is 58.9 Å². The number of rotatable bonds is 5. The summed E-state index contributed by atoms with van der Waals surface area (Å²) in [4.78, 5) is 6.20. The van der Waals surface area contributed by atoms with Gasteiger partial charge in [-0.1, -0.05) is 23.7 Å². The molecule has 19 heavy (non-hydrogen) atoms. The second-order valence-electron chi connectivity index (χ2n) is 4.49. The molecule has 1 aromatic heterocycles. The fraction of sp³-hybridized carbons (Fsp3) is 0.267. The summed E-state index contributed by atoms with van der Waals surface area (Å²) in [6.45, 7) is 1.63. The molecule has 2 aromatic rings. The van der Waals surface area contributed by atoms with Gasteiger partial charge in [0.2, 0.25) is 0 Å². The average Bonchev–Trinajstić information content (AvgIpc) is 2.41. The maximum absolute atomic E-state index is 6.11. The largest absolute Gasteiger partial charge is 0.497 e. The molecule has 4 heteroatoms. The van der Waals surface area contributed by atoms with Gasteiger partial charge in [-0.25, -0.2) is 0 Å². The Bertz CT molecular complexity index is 545. The summed E-state index contributed by atoms with van der Waals surface area (Å²) in [7, 11) is 3.75.